The molecule has 0 fully saturated rings. The third kappa shape index (κ3) is 2.61. The van der Waals surface area contributed by atoms with Gasteiger partial charge in [-0.3, -0.25) is 4.98 Å². The van der Waals surface area contributed by atoms with Crippen LogP contribution < -0.4 is 4.74 Å². The van der Waals surface area contributed by atoms with Gasteiger partial charge in [0.25, 0.3) is 0 Å². The third-order valence-electron chi connectivity index (χ3n) is 2.18. The van der Waals surface area contributed by atoms with E-state index in [0.717, 1.165) is 21.7 Å². The molecule has 0 radical (unpaired) electrons. The molecular weight excluding hydrogens is 266 g/mol. The number of hydrogen-bond acceptors (Lipinski definition) is 2. The summed E-state index contributed by atoms with van der Waals surface area (Å²) >= 11 is 3.48. The molecule has 82 valence electrons. The van der Waals surface area contributed by atoms with Gasteiger partial charge in [0, 0.05) is 18.0 Å². The van der Waals surface area contributed by atoms with Crippen molar-refractivity contribution >= 4 is 15.9 Å². The summed E-state index contributed by atoms with van der Waals surface area (Å²) < 4.78 is 6.72. The molecule has 0 N–H and O–H groups in total. The molecule has 0 saturated heterocycles. The highest BCUT2D eigenvalue weighted by atomic mass is 79.9. The predicted octanol–water partition coefficient (Wildman–Crippen LogP) is 4.25. The van der Waals surface area contributed by atoms with Crippen LogP contribution in [0.1, 0.15) is 11.3 Å². The first-order chi connectivity index (χ1) is 7.65. The van der Waals surface area contributed by atoms with E-state index >= 15 is 0 Å². The van der Waals surface area contributed by atoms with Crippen molar-refractivity contribution in [1.29, 1.82) is 0 Å². The fourth-order valence-corrected chi connectivity index (χ4v) is 1.97. The second-order valence-corrected chi connectivity index (χ2v) is 4.52. The maximum absolute atomic E-state index is 5.76. The molecule has 0 amide bonds. The molecule has 0 aliphatic rings. The molecule has 1 aromatic heterocycles. The predicted molar refractivity (Wildman–Crippen MR) is 67.9 cm³/mol. The largest absolute Gasteiger partial charge is 0.456 e. The minimum absolute atomic E-state index is 0.803. The maximum atomic E-state index is 5.76. The molecular formula is C13H12BrNO. The Kier molecular flexibility index (Phi) is 3.25. The molecule has 0 unspecified atom stereocenters. The highest BCUT2D eigenvalue weighted by molar-refractivity contribution is 9.10. The van der Waals surface area contributed by atoms with Crippen LogP contribution in [0.4, 0.5) is 0 Å². The monoisotopic (exact) mass is 277 g/mol. The van der Waals surface area contributed by atoms with E-state index in [1.165, 1.54) is 5.56 Å². The molecule has 1 aromatic carbocycles. The Morgan fingerprint density at radius 2 is 1.94 bits per heavy atom. The average molecular weight is 278 g/mol. The van der Waals surface area contributed by atoms with Gasteiger partial charge in [0.15, 0.2) is 0 Å². The molecule has 2 aromatic rings. The zero-order valence-electron chi connectivity index (χ0n) is 9.20. The van der Waals surface area contributed by atoms with Gasteiger partial charge in [-0.25, -0.2) is 0 Å². The lowest BCUT2D eigenvalue weighted by Gasteiger charge is -2.08. The lowest BCUT2D eigenvalue weighted by atomic mass is 10.2. The Morgan fingerprint density at radius 1 is 1.12 bits per heavy atom. The fourth-order valence-electron chi connectivity index (χ4n) is 1.40. The maximum Gasteiger partial charge on any atom is 0.141 e. The summed E-state index contributed by atoms with van der Waals surface area (Å²) in [6.45, 7) is 3.99. The fraction of sp³-hybridized carbons (Fsp3) is 0.154. The van der Waals surface area contributed by atoms with Crippen LogP contribution in [0, 0.1) is 13.8 Å². The SMILES string of the molecule is Cc1ccc(Oc2ccnc(C)c2)c(Br)c1. The first-order valence-electron chi connectivity index (χ1n) is 5.02. The van der Waals surface area contributed by atoms with Crippen molar-refractivity contribution in [2.24, 2.45) is 0 Å². The number of hydrogen-bond donors (Lipinski definition) is 0. The molecule has 0 spiro atoms. The Hall–Kier alpha value is -1.35. The summed E-state index contributed by atoms with van der Waals surface area (Å²) in [4.78, 5) is 4.13. The van der Waals surface area contributed by atoms with Crippen LogP contribution in [0.25, 0.3) is 0 Å². The van der Waals surface area contributed by atoms with Gasteiger partial charge in [-0.15, -0.1) is 0 Å². The molecule has 2 nitrogen and oxygen atoms in total. The van der Waals surface area contributed by atoms with Gasteiger partial charge in [-0.1, -0.05) is 6.07 Å². The number of rotatable bonds is 2. The number of ether oxygens (including phenoxy) is 1. The second-order valence-electron chi connectivity index (χ2n) is 3.67. The highest BCUT2D eigenvalue weighted by Gasteiger charge is 2.02. The summed E-state index contributed by atoms with van der Waals surface area (Å²) in [5, 5.41) is 0. The van der Waals surface area contributed by atoms with E-state index in [9.17, 15) is 0 Å². The number of nitrogens with zero attached hydrogens (tertiary/aromatic N) is 1. The summed E-state index contributed by atoms with van der Waals surface area (Å²) in [7, 11) is 0. The molecule has 0 bridgehead atoms. The van der Waals surface area contributed by atoms with Gasteiger partial charge in [-0.2, -0.15) is 0 Å². The Balaban J connectivity index is 2.27. The summed E-state index contributed by atoms with van der Waals surface area (Å²) in [5.41, 5.74) is 2.14. The van der Waals surface area contributed by atoms with Crippen molar-refractivity contribution in [2.75, 3.05) is 0 Å². The topological polar surface area (TPSA) is 22.1 Å². The first-order valence-corrected chi connectivity index (χ1v) is 5.81. The molecule has 2 rings (SSSR count). The van der Waals surface area contributed by atoms with Crippen molar-refractivity contribution in [3.8, 4) is 11.5 Å². The third-order valence-corrected chi connectivity index (χ3v) is 2.80. The summed E-state index contributed by atoms with van der Waals surface area (Å²) in [6.07, 6.45) is 1.74. The first kappa shape index (κ1) is 11.1. The zero-order valence-corrected chi connectivity index (χ0v) is 10.8. The van der Waals surface area contributed by atoms with Crippen LogP contribution in [-0.2, 0) is 0 Å². The molecule has 16 heavy (non-hydrogen) atoms. The van der Waals surface area contributed by atoms with Crippen molar-refractivity contribution in [3.05, 3.63) is 52.3 Å². The normalized spacial score (nSPS) is 10.2. The van der Waals surface area contributed by atoms with E-state index in [2.05, 4.69) is 20.9 Å². The van der Waals surface area contributed by atoms with E-state index in [0.29, 0.717) is 0 Å². The van der Waals surface area contributed by atoms with Gasteiger partial charge < -0.3 is 4.74 Å². The van der Waals surface area contributed by atoms with E-state index in [1.807, 2.05) is 44.2 Å². The van der Waals surface area contributed by atoms with Crippen LogP contribution in [0.2, 0.25) is 0 Å². The highest BCUT2D eigenvalue weighted by Crippen LogP contribution is 2.30. The Morgan fingerprint density at radius 3 is 2.62 bits per heavy atom. The number of aromatic nitrogens is 1. The molecule has 0 saturated carbocycles. The van der Waals surface area contributed by atoms with E-state index in [-0.39, 0.29) is 0 Å². The van der Waals surface area contributed by atoms with Crippen LogP contribution in [0.5, 0.6) is 11.5 Å². The minimum atomic E-state index is 0.803. The number of benzene rings is 1. The minimum Gasteiger partial charge on any atom is -0.456 e. The zero-order chi connectivity index (χ0) is 11.5. The van der Waals surface area contributed by atoms with E-state index in [4.69, 9.17) is 4.74 Å². The van der Waals surface area contributed by atoms with Crippen LogP contribution in [0.15, 0.2) is 41.0 Å². The smallest absolute Gasteiger partial charge is 0.141 e. The molecule has 0 aliphatic heterocycles. The lowest BCUT2D eigenvalue weighted by Crippen LogP contribution is -1.88. The van der Waals surface area contributed by atoms with Crippen LogP contribution in [0.3, 0.4) is 0 Å². The van der Waals surface area contributed by atoms with Gasteiger partial charge in [0.05, 0.1) is 4.47 Å². The van der Waals surface area contributed by atoms with Gasteiger partial charge >= 0.3 is 0 Å². The van der Waals surface area contributed by atoms with Crippen molar-refractivity contribution in [1.82, 2.24) is 4.98 Å². The van der Waals surface area contributed by atoms with Crippen molar-refractivity contribution < 1.29 is 4.74 Å². The number of pyridine rings is 1. The molecule has 3 heteroatoms. The van der Waals surface area contributed by atoms with E-state index < -0.39 is 0 Å². The van der Waals surface area contributed by atoms with Crippen LogP contribution >= 0.6 is 15.9 Å². The van der Waals surface area contributed by atoms with Gasteiger partial charge in [0.2, 0.25) is 0 Å². The number of halogens is 1. The molecule has 1 heterocycles. The number of aryl methyl sites for hydroxylation is 2. The van der Waals surface area contributed by atoms with Gasteiger partial charge in [0.1, 0.15) is 11.5 Å². The summed E-state index contributed by atoms with van der Waals surface area (Å²) in [5.74, 6) is 1.62. The quantitative estimate of drug-likeness (QED) is 0.819. The summed E-state index contributed by atoms with van der Waals surface area (Å²) in [6, 6.07) is 9.76. The van der Waals surface area contributed by atoms with E-state index in [1.54, 1.807) is 6.20 Å². The molecule has 0 atom stereocenters. The van der Waals surface area contributed by atoms with Crippen molar-refractivity contribution in [2.45, 2.75) is 13.8 Å². The van der Waals surface area contributed by atoms with Crippen LogP contribution in [-0.4, -0.2) is 4.98 Å². The lowest BCUT2D eigenvalue weighted by molar-refractivity contribution is 0.478. The van der Waals surface area contributed by atoms with Gasteiger partial charge in [-0.05, 0) is 53.5 Å². The second kappa shape index (κ2) is 4.66. The standard InChI is InChI=1S/C13H12BrNO/c1-9-3-4-13(12(14)7-9)16-11-5-6-15-10(2)8-11/h3-8H,1-2H3. The average Bonchev–Trinajstić information content (AvgIpc) is 2.22. The van der Waals surface area contributed by atoms with Crippen molar-refractivity contribution in [3.63, 3.8) is 0 Å². The Bertz CT molecular complexity index is 511. The molecule has 0 aliphatic carbocycles. The Labute approximate surface area is 103 Å².